The predicted molar refractivity (Wildman–Crippen MR) is 44.5 cm³/mol. The average molecular weight is 158 g/mol. The van der Waals surface area contributed by atoms with Crippen molar-refractivity contribution in [1.29, 1.82) is 0 Å². The molecule has 66 valence electrons. The van der Waals surface area contributed by atoms with Gasteiger partial charge in [0.05, 0.1) is 11.7 Å². The van der Waals surface area contributed by atoms with Crippen LogP contribution in [0.4, 0.5) is 0 Å². The van der Waals surface area contributed by atoms with E-state index in [0.29, 0.717) is 6.10 Å². The molecule has 2 rings (SSSR count). The van der Waals surface area contributed by atoms with Gasteiger partial charge in [0.2, 0.25) is 0 Å². The molecule has 0 spiro atoms. The zero-order valence-electron chi connectivity index (χ0n) is 7.47. The molecule has 0 aromatic rings. The highest BCUT2D eigenvalue weighted by molar-refractivity contribution is 4.87. The van der Waals surface area contributed by atoms with Crippen molar-refractivity contribution >= 4 is 0 Å². The van der Waals surface area contributed by atoms with Crippen LogP contribution in [-0.4, -0.2) is 23.4 Å². The van der Waals surface area contributed by atoms with Crippen LogP contribution in [0.25, 0.3) is 0 Å². The lowest BCUT2D eigenvalue weighted by Crippen LogP contribution is -2.25. The van der Waals surface area contributed by atoms with E-state index in [-0.39, 0.29) is 5.60 Å². The maximum atomic E-state index is 8.63. The minimum absolute atomic E-state index is 0.250. The average Bonchev–Trinajstić information content (AvgIpc) is 2.45. The number of ether oxygens (including phenoxy) is 1. The summed E-state index contributed by atoms with van der Waals surface area (Å²) in [5.41, 5.74) is -0.250. The molecule has 2 nitrogen and oxygen atoms in total. The lowest BCUT2D eigenvalue weighted by Gasteiger charge is -2.24. The first kappa shape index (κ1) is 9.01. The van der Waals surface area contributed by atoms with E-state index in [1.165, 1.54) is 12.8 Å². The summed E-state index contributed by atoms with van der Waals surface area (Å²) < 4.78 is 5.08. The van der Waals surface area contributed by atoms with Crippen molar-refractivity contribution in [3.05, 3.63) is 0 Å². The molecule has 1 N–H and O–H groups in total. The predicted octanol–water partition coefficient (Wildman–Crippen LogP) is 1.72. The van der Waals surface area contributed by atoms with Gasteiger partial charge in [-0.05, 0) is 32.6 Å². The van der Waals surface area contributed by atoms with Gasteiger partial charge in [-0.2, -0.15) is 0 Å². The molecular weight excluding hydrogens is 140 g/mol. The fourth-order valence-electron chi connectivity index (χ4n) is 0.787. The van der Waals surface area contributed by atoms with Gasteiger partial charge >= 0.3 is 0 Å². The highest BCUT2D eigenvalue weighted by Crippen LogP contribution is 2.33. The fraction of sp³-hybridized carbons (Fsp3) is 1.00. The first-order chi connectivity index (χ1) is 5.14. The third kappa shape index (κ3) is 3.73. The van der Waals surface area contributed by atoms with Crippen molar-refractivity contribution < 1.29 is 9.84 Å². The summed E-state index contributed by atoms with van der Waals surface area (Å²) in [5.74, 6) is 0. The topological polar surface area (TPSA) is 29.5 Å². The molecule has 2 heteroatoms. The van der Waals surface area contributed by atoms with Crippen molar-refractivity contribution in [2.24, 2.45) is 0 Å². The second-order valence-electron chi connectivity index (χ2n) is 3.69. The summed E-state index contributed by atoms with van der Waals surface area (Å²) >= 11 is 0. The quantitative estimate of drug-likeness (QED) is 0.629. The highest BCUT2D eigenvalue weighted by atomic mass is 16.5. The molecule has 2 fully saturated rings. The van der Waals surface area contributed by atoms with Crippen LogP contribution in [-0.2, 0) is 4.74 Å². The second kappa shape index (κ2) is 3.55. The van der Waals surface area contributed by atoms with Crippen LogP contribution in [0, 0.1) is 0 Å². The zero-order chi connectivity index (χ0) is 8.32. The Balaban J connectivity index is 0.000000112. The molecule has 1 saturated heterocycles. The second-order valence-corrected chi connectivity index (χ2v) is 3.69. The highest BCUT2D eigenvalue weighted by Gasteiger charge is 2.33. The van der Waals surface area contributed by atoms with E-state index in [1.54, 1.807) is 0 Å². The van der Waals surface area contributed by atoms with Crippen molar-refractivity contribution in [3.63, 3.8) is 0 Å². The molecule has 11 heavy (non-hydrogen) atoms. The van der Waals surface area contributed by atoms with Crippen molar-refractivity contribution in [1.82, 2.24) is 0 Å². The van der Waals surface area contributed by atoms with E-state index >= 15 is 0 Å². The summed E-state index contributed by atoms with van der Waals surface area (Å²) in [6.07, 6.45) is 5.11. The molecule has 0 bridgehead atoms. The number of aliphatic hydroxyl groups is 1. The Morgan fingerprint density at radius 3 is 2.00 bits per heavy atom. The zero-order valence-corrected chi connectivity index (χ0v) is 7.47. The van der Waals surface area contributed by atoms with Crippen LogP contribution in [0.1, 0.15) is 39.5 Å². The summed E-state index contributed by atoms with van der Waals surface area (Å²) in [6, 6.07) is 0. The van der Waals surface area contributed by atoms with E-state index in [4.69, 9.17) is 9.84 Å². The molecule has 0 amide bonds. The molecule has 1 saturated carbocycles. The Morgan fingerprint density at radius 1 is 1.55 bits per heavy atom. The van der Waals surface area contributed by atoms with E-state index in [1.807, 2.05) is 6.92 Å². The van der Waals surface area contributed by atoms with Crippen LogP contribution in [0.2, 0.25) is 0 Å². The summed E-state index contributed by atoms with van der Waals surface area (Å²) in [6.45, 7) is 5.01. The van der Waals surface area contributed by atoms with E-state index in [9.17, 15) is 0 Å². The van der Waals surface area contributed by atoms with Crippen molar-refractivity contribution in [2.75, 3.05) is 6.61 Å². The maximum absolute atomic E-state index is 8.63. The molecule has 1 aliphatic carbocycles. The minimum atomic E-state index is -0.250. The molecule has 1 heterocycles. The number of hydrogen-bond donors (Lipinski definition) is 1. The van der Waals surface area contributed by atoms with Gasteiger partial charge in [0.25, 0.3) is 0 Å². The van der Waals surface area contributed by atoms with Gasteiger partial charge in [-0.1, -0.05) is 6.92 Å². The van der Waals surface area contributed by atoms with Gasteiger partial charge < -0.3 is 9.84 Å². The Labute approximate surface area is 68.6 Å². The molecule has 0 aromatic heterocycles. The Morgan fingerprint density at radius 2 is 2.00 bits per heavy atom. The molecule has 1 aliphatic heterocycles. The largest absolute Gasteiger partial charge is 0.390 e. The molecule has 1 atom stereocenters. The lowest BCUT2D eigenvalue weighted by molar-refractivity contribution is -0.0516. The van der Waals surface area contributed by atoms with Gasteiger partial charge in [0.1, 0.15) is 0 Å². The van der Waals surface area contributed by atoms with Gasteiger partial charge in [-0.3, -0.25) is 0 Å². The maximum Gasteiger partial charge on any atom is 0.0622 e. The summed E-state index contributed by atoms with van der Waals surface area (Å²) in [4.78, 5) is 0. The van der Waals surface area contributed by atoms with Crippen molar-refractivity contribution in [2.45, 2.75) is 51.2 Å². The van der Waals surface area contributed by atoms with Gasteiger partial charge in [-0.25, -0.2) is 0 Å². The van der Waals surface area contributed by atoms with Crippen LogP contribution in [0.15, 0.2) is 0 Å². The third-order valence-electron chi connectivity index (χ3n) is 2.22. The van der Waals surface area contributed by atoms with Crippen LogP contribution < -0.4 is 0 Å². The van der Waals surface area contributed by atoms with Gasteiger partial charge in [-0.15, -0.1) is 0 Å². The minimum Gasteiger partial charge on any atom is -0.390 e. The fourth-order valence-corrected chi connectivity index (χ4v) is 0.787. The smallest absolute Gasteiger partial charge is 0.0622 e. The van der Waals surface area contributed by atoms with E-state index in [2.05, 4.69) is 6.92 Å². The summed E-state index contributed by atoms with van der Waals surface area (Å²) in [5, 5.41) is 8.63. The monoisotopic (exact) mass is 158 g/mol. The molecule has 0 radical (unpaired) electrons. The molecule has 2 aliphatic rings. The normalized spacial score (nSPS) is 31.4. The molecule has 1 unspecified atom stereocenters. The first-order valence-electron chi connectivity index (χ1n) is 4.48. The van der Waals surface area contributed by atoms with Crippen LogP contribution >= 0.6 is 0 Å². The Bertz CT molecular complexity index is 108. The van der Waals surface area contributed by atoms with E-state index in [0.717, 1.165) is 19.4 Å². The standard InChI is InChI=1S/C5H10O.C4H8O/c1-2-5-3-4-6-5;1-4(5)2-3-4/h5H,2-4H2,1H3;5H,2-3H2,1H3. The first-order valence-corrected chi connectivity index (χ1v) is 4.48. The number of hydrogen-bond acceptors (Lipinski definition) is 2. The summed E-state index contributed by atoms with van der Waals surface area (Å²) in [7, 11) is 0. The van der Waals surface area contributed by atoms with Crippen LogP contribution in [0.5, 0.6) is 0 Å². The van der Waals surface area contributed by atoms with E-state index < -0.39 is 0 Å². The molecular formula is C9H18O2. The third-order valence-corrected chi connectivity index (χ3v) is 2.22. The number of rotatable bonds is 1. The van der Waals surface area contributed by atoms with Gasteiger partial charge in [0, 0.05) is 6.61 Å². The van der Waals surface area contributed by atoms with Crippen molar-refractivity contribution in [3.8, 4) is 0 Å². The SMILES string of the molecule is CC1(O)CC1.CCC1CCO1. The van der Waals surface area contributed by atoms with Gasteiger partial charge in [0.15, 0.2) is 0 Å². The molecule has 0 aromatic carbocycles. The Kier molecular flexibility index (Phi) is 2.90. The van der Waals surface area contributed by atoms with Crippen LogP contribution in [0.3, 0.4) is 0 Å². The Hall–Kier alpha value is -0.0800. The lowest BCUT2D eigenvalue weighted by atomic mass is 10.1.